The maximum Gasteiger partial charge on any atom is 0.0700 e. The van der Waals surface area contributed by atoms with Gasteiger partial charge in [0.05, 0.1) is 12.7 Å². The third kappa shape index (κ3) is 4.19. The smallest absolute Gasteiger partial charge is 0.0700 e. The second kappa shape index (κ2) is 7.24. The van der Waals surface area contributed by atoms with Crippen molar-refractivity contribution in [1.29, 1.82) is 0 Å². The molecule has 3 heteroatoms. The maximum atomic E-state index is 5.85. The number of rotatable bonds is 5. The third-order valence-electron chi connectivity index (χ3n) is 5.11. The van der Waals surface area contributed by atoms with E-state index in [4.69, 9.17) is 4.74 Å². The summed E-state index contributed by atoms with van der Waals surface area (Å²) in [6.45, 7) is 13.7. The van der Waals surface area contributed by atoms with E-state index in [1.807, 2.05) is 0 Å². The fourth-order valence-electron chi connectivity index (χ4n) is 3.79. The first-order valence-electron chi connectivity index (χ1n) is 8.64. The zero-order valence-corrected chi connectivity index (χ0v) is 14.0. The minimum absolute atomic E-state index is 0.445. The Morgan fingerprint density at radius 2 is 2.10 bits per heavy atom. The minimum Gasteiger partial charge on any atom is -0.376 e. The van der Waals surface area contributed by atoms with Crippen LogP contribution in [-0.4, -0.2) is 49.3 Å². The second-order valence-corrected chi connectivity index (χ2v) is 7.43. The summed E-state index contributed by atoms with van der Waals surface area (Å²) in [5.74, 6) is 0. The molecule has 3 nitrogen and oxygen atoms in total. The van der Waals surface area contributed by atoms with E-state index in [9.17, 15) is 0 Å². The molecule has 1 saturated carbocycles. The fraction of sp³-hybridized carbons (Fsp3) is 1.00. The monoisotopic (exact) mass is 282 g/mol. The molecule has 1 heterocycles. The standard InChI is InChI=1S/C17H34N2O/c1-5-9-18-15-7-8-17(3,4)12-16(15)19-10-11-20-14(6-2)13-19/h14-16,18H,5-13H2,1-4H3. The van der Waals surface area contributed by atoms with Gasteiger partial charge < -0.3 is 10.1 Å². The highest BCUT2D eigenvalue weighted by Crippen LogP contribution is 2.38. The van der Waals surface area contributed by atoms with E-state index in [1.54, 1.807) is 0 Å². The van der Waals surface area contributed by atoms with E-state index in [2.05, 4.69) is 37.9 Å². The molecule has 2 aliphatic rings. The summed E-state index contributed by atoms with van der Waals surface area (Å²) in [5.41, 5.74) is 0.495. The zero-order valence-electron chi connectivity index (χ0n) is 14.0. The molecule has 1 N–H and O–H groups in total. The molecule has 0 bridgehead atoms. The van der Waals surface area contributed by atoms with Gasteiger partial charge in [-0.1, -0.05) is 27.7 Å². The lowest BCUT2D eigenvalue weighted by Gasteiger charge is -2.48. The highest BCUT2D eigenvalue weighted by Gasteiger charge is 2.39. The van der Waals surface area contributed by atoms with Crippen LogP contribution < -0.4 is 5.32 Å². The van der Waals surface area contributed by atoms with Crippen molar-refractivity contribution in [3.8, 4) is 0 Å². The van der Waals surface area contributed by atoms with Crippen LogP contribution in [0.3, 0.4) is 0 Å². The number of nitrogens with zero attached hydrogens (tertiary/aromatic N) is 1. The molecule has 118 valence electrons. The van der Waals surface area contributed by atoms with E-state index in [1.165, 1.54) is 25.7 Å². The molecule has 1 aliphatic heterocycles. The van der Waals surface area contributed by atoms with Gasteiger partial charge in [-0.25, -0.2) is 0 Å². The molecule has 0 spiro atoms. The Bertz CT molecular complexity index is 293. The lowest BCUT2D eigenvalue weighted by molar-refractivity contribution is -0.0630. The minimum atomic E-state index is 0.445. The molecular weight excluding hydrogens is 248 g/mol. The number of morpholine rings is 1. The molecule has 1 saturated heterocycles. The van der Waals surface area contributed by atoms with Crippen molar-refractivity contribution in [2.45, 2.75) is 78.0 Å². The Morgan fingerprint density at radius 1 is 1.30 bits per heavy atom. The largest absolute Gasteiger partial charge is 0.376 e. The van der Waals surface area contributed by atoms with Crippen LogP contribution in [-0.2, 0) is 4.74 Å². The van der Waals surface area contributed by atoms with Crippen molar-refractivity contribution >= 4 is 0 Å². The predicted octanol–water partition coefficient (Wildman–Crippen LogP) is 3.04. The quantitative estimate of drug-likeness (QED) is 0.839. The van der Waals surface area contributed by atoms with Crippen molar-refractivity contribution in [2.24, 2.45) is 5.41 Å². The zero-order chi connectivity index (χ0) is 14.6. The number of ether oxygens (including phenoxy) is 1. The Balaban J connectivity index is 2.01. The molecule has 3 unspecified atom stereocenters. The average molecular weight is 282 g/mol. The Labute approximate surface area is 125 Å². The lowest BCUT2D eigenvalue weighted by atomic mass is 9.72. The van der Waals surface area contributed by atoms with E-state index in [0.717, 1.165) is 32.7 Å². The first kappa shape index (κ1) is 16.3. The maximum absolute atomic E-state index is 5.85. The molecule has 2 rings (SSSR count). The van der Waals surface area contributed by atoms with Gasteiger partial charge in [0, 0.05) is 25.2 Å². The van der Waals surface area contributed by atoms with Crippen LogP contribution >= 0.6 is 0 Å². The first-order chi connectivity index (χ1) is 9.55. The summed E-state index contributed by atoms with van der Waals surface area (Å²) < 4.78 is 5.85. The van der Waals surface area contributed by atoms with E-state index >= 15 is 0 Å². The summed E-state index contributed by atoms with van der Waals surface area (Å²) in [6.07, 6.45) is 6.82. The van der Waals surface area contributed by atoms with Crippen LogP contribution in [0.5, 0.6) is 0 Å². The van der Waals surface area contributed by atoms with Gasteiger partial charge in [0.25, 0.3) is 0 Å². The molecular formula is C17H34N2O. The van der Waals surface area contributed by atoms with Gasteiger partial charge in [-0.2, -0.15) is 0 Å². The summed E-state index contributed by atoms with van der Waals surface area (Å²) in [7, 11) is 0. The van der Waals surface area contributed by atoms with Crippen LogP contribution in [0.15, 0.2) is 0 Å². The molecule has 0 radical (unpaired) electrons. The van der Waals surface area contributed by atoms with Crippen molar-refractivity contribution < 1.29 is 4.74 Å². The number of hydrogen-bond acceptors (Lipinski definition) is 3. The van der Waals surface area contributed by atoms with Crippen LogP contribution in [0.1, 0.15) is 59.8 Å². The van der Waals surface area contributed by atoms with E-state index < -0.39 is 0 Å². The van der Waals surface area contributed by atoms with Gasteiger partial charge in [0.2, 0.25) is 0 Å². The van der Waals surface area contributed by atoms with Gasteiger partial charge in [-0.05, 0) is 44.1 Å². The van der Waals surface area contributed by atoms with Gasteiger partial charge >= 0.3 is 0 Å². The van der Waals surface area contributed by atoms with Crippen LogP contribution in [0.4, 0.5) is 0 Å². The first-order valence-corrected chi connectivity index (χ1v) is 8.64. The summed E-state index contributed by atoms with van der Waals surface area (Å²) in [5, 5.41) is 3.81. The average Bonchev–Trinajstić information content (AvgIpc) is 2.45. The fourth-order valence-corrected chi connectivity index (χ4v) is 3.79. The Hall–Kier alpha value is -0.120. The molecule has 3 atom stereocenters. The van der Waals surface area contributed by atoms with Crippen molar-refractivity contribution in [3.63, 3.8) is 0 Å². The third-order valence-corrected chi connectivity index (χ3v) is 5.11. The highest BCUT2D eigenvalue weighted by molar-refractivity contribution is 4.95. The highest BCUT2D eigenvalue weighted by atomic mass is 16.5. The molecule has 1 aliphatic carbocycles. The van der Waals surface area contributed by atoms with Gasteiger partial charge in [0.1, 0.15) is 0 Å². The SMILES string of the molecule is CCCNC1CCC(C)(C)CC1N1CCOC(CC)C1. The van der Waals surface area contributed by atoms with Crippen molar-refractivity contribution in [1.82, 2.24) is 10.2 Å². The lowest BCUT2D eigenvalue weighted by Crippen LogP contribution is -2.58. The number of hydrogen-bond donors (Lipinski definition) is 1. The van der Waals surface area contributed by atoms with Crippen LogP contribution in [0.2, 0.25) is 0 Å². The molecule has 0 aromatic heterocycles. The topological polar surface area (TPSA) is 24.5 Å². The Morgan fingerprint density at radius 3 is 2.80 bits per heavy atom. The van der Waals surface area contributed by atoms with Crippen molar-refractivity contribution in [3.05, 3.63) is 0 Å². The van der Waals surface area contributed by atoms with Crippen LogP contribution in [0.25, 0.3) is 0 Å². The normalized spacial score (nSPS) is 35.1. The van der Waals surface area contributed by atoms with E-state index in [0.29, 0.717) is 23.6 Å². The number of nitrogens with one attached hydrogen (secondary N) is 1. The van der Waals surface area contributed by atoms with Gasteiger partial charge in [-0.3, -0.25) is 4.90 Å². The van der Waals surface area contributed by atoms with Crippen molar-refractivity contribution in [2.75, 3.05) is 26.2 Å². The van der Waals surface area contributed by atoms with Gasteiger partial charge in [0.15, 0.2) is 0 Å². The predicted molar refractivity (Wildman–Crippen MR) is 85.1 cm³/mol. The second-order valence-electron chi connectivity index (χ2n) is 7.43. The Kier molecular flexibility index (Phi) is 5.88. The van der Waals surface area contributed by atoms with Crippen LogP contribution in [0, 0.1) is 5.41 Å². The summed E-state index contributed by atoms with van der Waals surface area (Å²) in [6, 6.07) is 1.38. The summed E-state index contributed by atoms with van der Waals surface area (Å²) >= 11 is 0. The molecule has 0 amide bonds. The summed E-state index contributed by atoms with van der Waals surface area (Å²) in [4.78, 5) is 2.71. The molecule has 0 aromatic rings. The molecule has 20 heavy (non-hydrogen) atoms. The van der Waals surface area contributed by atoms with Gasteiger partial charge in [-0.15, -0.1) is 0 Å². The molecule has 0 aromatic carbocycles. The molecule has 2 fully saturated rings. The van der Waals surface area contributed by atoms with E-state index in [-0.39, 0.29) is 0 Å².